The molecule has 4 nitrogen and oxygen atoms in total. The topological polar surface area (TPSA) is 44.8 Å². The van der Waals surface area contributed by atoms with E-state index in [1.165, 1.54) is 27.1 Å². The second-order valence-corrected chi connectivity index (χ2v) is 7.99. The number of hydrogen-bond donors (Lipinski definition) is 0. The quantitative estimate of drug-likeness (QED) is 0.200. The Balaban J connectivity index is 1.40. The van der Waals surface area contributed by atoms with E-state index in [0.717, 1.165) is 11.3 Å². The molecule has 0 radical (unpaired) electrons. The fourth-order valence-electron chi connectivity index (χ4n) is 4.12. The van der Waals surface area contributed by atoms with Gasteiger partial charge in [-0.2, -0.15) is 0 Å². The van der Waals surface area contributed by atoms with Crippen LogP contribution in [0.25, 0.3) is 27.6 Å². The van der Waals surface area contributed by atoms with E-state index in [1.54, 1.807) is 6.92 Å². The Labute approximate surface area is 200 Å². The van der Waals surface area contributed by atoms with Gasteiger partial charge >= 0.3 is 5.97 Å². The second kappa shape index (κ2) is 11.5. The highest BCUT2D eigenvalue weighted by Gasteiger charge is 2.20. The average Bonchev–Trinajstić information content (AvgIpc) is 2.87. The van der Waals surface area contributed by atoms with E-state index in [-0.39, 0.29) is 5.97 Å². The molecule has 1 atom stereocenters. The third kappa shape index (κ3) is 5.64. The summed E-state index contributed by atoms with van der Waals surface area (Å²) in [6, 6.07) is 26.9. The normalized spacial score (nSPS) is 12.3. The van der Waals surface area contributed by atoms with Gasteiger partial charge in [-0.1, -0.05) is 66.7 Å². The molecule has 4 rings (SSSR count). The predicted octanol–water partition coefficient (Wildman–Crippen LogP) is 6.60. The first-order chi connectivity index (χ1) is 16.7. The van der Waals surface area contributed by atoms with Gasteiger partial charge in [-0.05, 0) is 70.8 Å². The van der Waals surface area contributed by atoms with Crippen LogP contribution in [0.1, 0.15) is 25.0 Å². The number of ether oxygens (including phenoxy) is 3. The summed E-state index contributed by atoms with van der Waals surface area (Å²) >= 11 is 0. The van der Waals surface area contributed by atoms with Crippen LogP contribution in [0.15, 0.2) is 84.9 Å². The predicted molar refractivity (Wildman–Crippen MR) is 138 cm³/mol. The standard InChI is InChI=1S/C30H30O4/c1-3-32-29(30(31)33-4-2)20-22-15-17-25(18-16-22)34-19-9-11-24-21-23-10-5-6-12-26(23)28-14-8-7-13-27(24)28/h5-18,21,29H,3-4,19-20H2,1-2H3/b11-9+. The molecule has 0 spiro atoms. The van der Waals surface area contributed by atoms with Crippen LogP contribution >= 0.6 is 0 Å². The highest BCUT2D eigenvalue weighted by atomic mass is 16.6. The first-order valence-corrected chi connectivity index (χ1v) is 11.8. The molecule has 0 saturated heterocycles. The van der Waals surface area contributed by atoms with Crippen molar-refractivity contribution in [2.45, 2.75) is 26.4 Å². The molecule has 0 aromatic heterocycles. The molecule has 34 heavy (non-hydrogen) atoms. The van der Waals surface area contributed by atoms with E-state index in [4.69, 9.17) is 14.2 Å². The van der Waals surface area contributed by atoms with Crippen molar-refractivity contribution in [3.63, 3.8) is 0 Å². The molecule has 0 aliphatic rings. The van der Waals surface area contributed by atoms with Crippen LogP contribution < -0.4 is 4.74 Å². The summed E-state index contributed by atoms with van der Waals surface area (Å²) in [6.07, 6.45) is 4.05. The van der Waals surface area contributed by atoms with Crippen molar-refractivity contribution in [2.75, 3.05) is 19.8 Å². The summed E-state index contributed by atoms with van der Waals surface area (Å²) in [5, 5.41) is 4.98. The molecule has 4 heteroatoms. The molecule has 0 heterocycles. The average molecular weight is 455 g/mol. The van der Waals surface area contributed by atoms with Gasteiger partial charge in [0.05, 0.1) is 6.61 Å². The molecular formula is C30H30O4. The van der Waals surface area contributed by atoms with Crippen LogP contribution in [-0.4, -0.2) is 31.9 Å². The zero-order valence-electron chi connectivity index (χ0n) is 19.7. The van der Waals surface area contributed by atoms with Crippen molar-refractivity contribution in [1.29, 1.82) is 0 Å². The van der Waals surface area contributed by atoms with Crippen LogP contribution in [0.4, 0.5) is 0 Å². The molecular weight excluding hydrogens is 424 g/mol. The first kappa shape index (κ1) is 23.5. The largest absolute Gasteiger partial charge is 0.490 e. The summed E-state index contributed by atoms with van der Waals surface area (Å²) in [5.41, 5.74) is 2.17. The molecule has 0 amide bonds. The van der Waals surface area contributed by atoms with Gasteiger partial charge in [-0.3, -0.25) is 0 Å². The number of hydrogen-bond acceptors (Lipinski definition) is 4. The molecule has 0 bridgehead atoms. The molecule has 0 N–H and O–H groups in total. The first-order valence-electron chi connectivity index (χ1n) is 11.8. The van der Waals surface area contributed by atoms with Crippen molar-refractivity contribution < 1.29 is 19.0 Å². The van der Waals surface area contributed by atoms with E-state index in [0.29, 0.717) is 26.2 Å². The number of esters is 1. The minimum absolute atomic E-state index is 0.323. The Morgan fingerprint density at radius 1 is 0.853 bits per heavy atom. The Kier molecular flexibility index (Phi) is 7.95. The van der Waals surface area contributed by atoms with Gasteiger partial charge in [0.15, 0.2) is 6.10 Å². The van der Waals surface area contributed by atoms with Crippen LogP contribution in [-0.2, 0) is 20.7 Å². The van der Waals surface area contributed by atoms with Gasteiger partial charge in [0.1, 0.15) is 12.4 Å². The maximum absolute atomic E-state index is 12.1. The lowest BCUT2D eigenvalue weighted by molar-refractivity contribution is -0.156. The lowest BCUT2D eigenvalue weighted by Gasteiger charge is -2.15. The molecule has 0 saturated carbocycles. The van der Waals surface area contributed by atoms with Gasteiger partial charge in [0.25, 0.3) is 0 Å². The number of carbonyl (C=O) groups is 1. The van der Waals surface area contributed by atoms with Crippen molar-refractivity contribution in [2.24, 2.45) is 0 Å². The Hall–Kier alpha value is -3.63. The summed E-state index contributed by atoms with van der Waals surface area (Å²) in [5.74, 6) is 0.455. The maximum Gasteiger partial charge on any atom is 0.335 e. The lowest BCUT2D eigenvalue weighted by atomic mass is 9.97. The molecule has 174 valence electrons. The summed E-state index contributed by atoms with van der Waals surface area (Å²) in [4.78, 5) is 12.1. The zero-order valence-corrected chi connectivity index (χ0v) is 19.7. The molecule has 0 aliphatic heterocycles. The lowest BCUT2D eigenvalue weighted by Crippen LogP contribution is -2.28. The second-order valence-electron chi connectivity index (χ2n) is 7.99. The van der Waals surface area contributed by atoms with E-state index in [1.807, 2.05) is 37.3 Å². The Bertz CT molecular complexity index is 1270. The monoisotopic (exact) mass is 454 g/mol. The molecule has 0 aliphatic carbocycles. The number of carbonyl (C=O) groups excluding carboxylic acids is 1. The van der Waals surface area contributed by atoms with Crippen molar-refractivity contribution >= 4 is 33.6 Å². The Morgan fingerprint density at radius 3 is 2.29 bits per heavy atom. The van der Waals surface area contributed by atoms with Gasteiger partial charge in [0, 0.05) is 13.0 Å². The number of fused-ring (bicyclic) bond motifs is 3. The van der Waals surface area contributed by atoms with E-state index in [2.05, 4.69) is 60.7 Å². The van der Waals surface area contributed by atoms with Gasteiger partial charge in [-0.15, -0.1) is 0 Å². The highest BCUT2D eigenvalue weighted by molar-refractivity contribution is 6.10. The SMILES string of the molecule is CCOC(=O)C(Cc1ccc(OC/C=C/c2cc3ccccc3c3ccccc23)cc1)OCC. The van der Waals surface area contributed by atoms with E-state index < -0.39 is 6.10 Å². The van der Waals surface area contributed by atoms with Gasteiger partial charge in [0.2, 0.25) is 0 Å². The molecule has 4 aromatic rings. The van der Waals surface area contributed by atoms with E-state index in [9.17, 15) is 4.79 Å². The van der Waals surface area contributed by atoms with E-state index >= 15 is 0 Å². The molecule has 4 aromatic carbocycles. The number of rotatable bonds is 10. The van der Waals surface area contributed by atoms with Crippen molar-refractivity contribution in [3.8, 4) is 5.75 Å². The fourth-order valence-corrected chi connectivity index (χ4v) is 4.12. The Morgan fingerprint density at radius 2 is 1.56 bits per heavy atom. The van der Waals surface area contributed by atoms with Crippen LogP contribution in [0.2, 0.25) is 0 Å². The summed E-state index contributed by atoms with van der Waals surface area (Å²) < 4.78 is 16.6. The minimum Gasteiger partial charge on any atom is -0.490 e. The maximum atomic E-state index is 12.1. The van der Waals surface area contributed by atoms with Crippen LogP contribution in [0, 0.1) is 0 Å². The number of benzene rings is 4. The van der Waals surface area contributed by atoms with Crippen LogP contribution in [0.3, 0.4) is 0 Å². The smallest absolute Gasteiger partial charge is 0.335 e. The van der Waals surface area contributed by atoms with Crippen molar-refractivity contribution in [1.82, 2.24) is 0 Å². The zero-order chi connectivity index (χ0) is 23.8. The minimum atomic E-state index is -0.587. The summed E-state index contributed by atoms with van der Waals surface area (Å²) in [6.45, 7) is 4.94. The molecule has 1 unspecified atom stereocenters. The van der Waals surface area contributed by atoms with Gasteiger partial charge < -0.3 is 14.2 Å². The van der Waals surface area contributed by atoms with Gasteiger partial charge in [-0.25, -0.2) is 4.79 Å². The molecule has 0 fully saturated rings. The van der Waals surface area contributed by atoms with Crippen LogP contribution in [0.5, 0.6) is 5.75 Å². The third-order valence-electron chi connectivity index (χ3n) is 5.71. The van der Waals surface area contributed by atoms with Crippen molar-refractivity contribution in [3.05, 3.63) is 96.1 Å². The fraction of sp³-hybridized carbons (Fsp3) is 0.233. The third-order valence-corrected chi connectivity index (χ3v) is 5.71. The summed E-state index contributed by atoms with van der Waals surface area (Å²) in [7, 11) is 0. The highest BCUT2D eigenvalue weighted by Crippen LogP contribution is 2.29.